The third-order valence-corrected chi connectivity index (χ3v) is 5.79. The Hall–Kier alpha value is -2.36. The molecule has 27 heavy (non-hydrogen) atoms. The van der Waals surface area contributed by atoms with Gasteiger partial charge in [-0.05, 0) is 25.5 Å². The number of hydrogen-bond acceptors (Lipinski definition) is 9. The summed E-state index contributed by atoms with van der Waals surface area (Å²) in [6.45, 7) is 8.75. The van der Waals surface area contributed by atoms with Crippen LogP contribution < -0.4 is 11.1 Å². The largest absolute Gasteiger partial charge is 0.384 e. The SMILES string of the molecule is Cc1sc2nc(CN3CCOCC3)nc(NCc3nccc(N)n3)c2c1C. The van der Waals surface area contributed by atoms with Gasteiger partial charge in [0, 0.05) is 24.2 Å². The fraction of sp³-hybridized carbons (Fsp3) is 0.444. The van der Waals surface area contributed by atoms with Crippen molar-refractivity contribution in [3.8, 4) is 0 Å². The maximum Gasteiger partial charge on any atom is 0.149 e. The normalized spacial score (nSPS) is 15.3. The zero-order valence-electron chi connectivity index (χ0n) is 15.5. The molecular weight excluding hydrogens is 362 g/mol. The van der Waals surface area contributed by atoms with Gasteiger partial charge < -0.3 is 15.8 Å². The zero-order chi connectivity index (χ0) is 18.8. The molecule has 3 aromatic heterocycles. The minimum Gasteiger partial charge on any atom is -0.384 e. The second kappa shape index (κ2) is 7.71. The number of fused-ring (bicyclic) bond motifs is 1. The van der Waals surface area contributed by atoms with Gasteiger partial charge in [-0.3, -0.25) is 4.90 Å². The number of rotatable bonds is 5. The van der Waals surface area contributed by atoms with E-state index in [9.17, 15) is 0 Å². The number of aromatic nitrogens is 4. The molecule has 0 aliphatic carbocycles. The molecule has 142 valence electrons. The Morgan fingerprint density at radius 2 is 2.00 bits per heavy atom. The van der Waals surface area contributed by atoms with Crippen molar-refractivity contribution in [1.29, 1.82) is 0 Å². The van der Waals surface area contributed by atoms with Crippen molar-refractivity contribution >= 4 is 33.2 Å². The molecule has 4 rings (SSSR count). The van der Waals surface area contributed by atoms with E-state index in [0.717, 1.165) is 54.7 Å². The number of aryl methyl sites for hydroxylation is 2. The topological polar surface area (TPSA) is 102 Å². The van der Waals surface area contributed by atoms with Crippen LogP contribution in [0.5, 0.6) is 0 Å². The molecule has 3 aromatic rings. The van der Waals surface area contributed by atoms with Gasteiger partial charge >= 0.3 is 0 Å². The van der Waals surface area contributed by atoms with Gasteiger partial charge in [-0.25, -0.2) is 19.9 Å². The van der Waals surface area contributed by atoms with E-state index in [-0.39, 0.29) is 0 Å². The Labute approximate surface area is 161 Å². The third kappa shape index (κ3) is 4.00. The lowest BCUT2D eigenvalue weighted by atomic mass is 10.2. The number of nitrogen functional groups attached to an aromatic ring is 1. The highest BCUT2D eigenvalue weighted by Gasteiger charge is 2.17. The molecule has 9 heteroatoms. The van der Waals surface area contributed by atoms with E-state index in [1.54, 1.807) is 23.6 Å². The van der Waals surface area contributed by atoms with E-state index in [0.29, 0.717) is 18.2 Å². The summed E-state index contributed by atoms with van der Waals surface area (Å²) in [5.74, 6) is 2.75. The van der Waals surface area contributed by atoms with Crippen molar-refractivity contribution in [2.45, 2.75) is 26.9 Å². The number of nitrogens with two attached hydrogens (primary N) is 1. The summed E-state index contributed by atoms with van der Waals surface area (Å²) in [5.41, 5.74) is 6.97. The Bertz CT molecular complexity index is 952. The van der Waals surface area contributed by atoms with Crippen molar-refractivity contribution in [2.24, 2.45) is 0 Å². The van der Waals surface area contributed by atoms with Gasteiger partial charge in [0.05, 0.1) is 31.7 Å². The Morgan fingerprint density at radius 1 is 1.19 bits per heavy atom. The van der Waals surface area contributed by atoms with Crippen molar-refractivity contribution in [3.05, 3.63) is 34.4 Å². The van der Waals surface area contributed by atoms with Gasteiger partial charge in [0.15, 0.2) is 0 Å². The molecular formula is C18H23N7OS. The summed E-state index contributed by atoms with van der Waals surface area (Å²) in [6.07, 6.45) is 1.67. The van der Waals surface area contributed by atoms with E-state index in [2.05, 4.69) is 34.0 Å². The van der Waals surface area contributed by atoms with Crippen LogP contribution in [-0.2, 0) is 17.8 Å². The molecule has 0 saturated carbocycles. The average Bonchev–Trinajstić information content (AvgIpc) is 2.95. The van der Waals surface area contributed by atoms with Gasteiger partial charge in [-0.1, -0.05) is 0 Å². The summed E-state index contributed by atoms with van der Waals surface area (Å²) in [6, 6.07) is 1.68. The molecule has 1 aliphatic heterocycles. The minimum absolute atomic E-state index is 0.461. The molecule has 0 bridgehead atoms. The first kappa shape index (κ1) is 18.0. The molecule has 1 saturated heterocycles. The quantitative estimate of drug-likeness (QED) is 0.689. The molecule has 0 spiro atoms. The number of hydrogen-bond donors (Lipinski definition) is 2. The van der Waals surface area contributed by atoms with E-state index >= 15 is 0 Å². The Balaban J connectivity index is 1.63. The van der Waals surface area contributed by atoms with Gasteiger partial charge in [0.25, 0.3) is 0 Å². The van der Waals surface area contributed by atoms with Crippen molar-refractivity contribution in [1.82, 2.24) is 24.8 Å². The monoisotopic (exact) mass is 385 g/mol. The molecule has 8 nitrogen and oxygen atoms in total. The molecule has 1 fully saturated rings. The van der Waals surface area contributed by atoms with Gasteiger partial charge in [-0.2, -0.15) is 0 Å². The average molecular weight is 385 g/mol. The van der Waals surface area contributed by atoms with Crippen LogP contribution in [0, 0.1) is 13.8 Å². The number of nitrogens with zero attached hydrogens (tertiary/aromatic N) is 5. The highest BCUT2D eigenvalue weighted by atomic mass is 32.1. The smallest absolute Gasteiger partial charge is 0.149 e. The zero-order valence-corrected chi connectivity index (χ0v) is 16.3. The molecule has 0 unspecified atom stereocenters. The minimum atomic E-state index is 0.461. The summed E-state index contributed by atoms with van der Waals surface area (Å²) in [4.78, 5) is 22.7. The fourth-order valence-corrected chi connectivity index (χ4v) is 4.16. The van der Waals surface area contributed by atoms with Crippen LogP contribution >= 0.6 is 11.3 Å². The number of anilines is 2. The standard InChI is InChI=1S/C18H23N7OS/c1-11-12(2)27-18-16(11)17(21-9-14-20-4-3-13(19)22-14)23-15(24-18)10-25-5-7-26-8-6-25/h3-4H,5-10H2,1-2H3,(H2,19,20,22)(H,21,23,24). The van der Waals surface area contributed by atoms with Gasteiger partial charge in [-0.15, -0.1) is 11.3 Å². The maximum absolute atomic E-state index is 5.76. The van der Waals surface area contributed by atoms with Crippen molar-refractivity contribution < 1.29 is 4.74 Å². The van der Waals surface area contributed by atoms with Crippen LogP contribution in [-0.4, -0.2) is 51.1 Å². The second-order valence-corrected chi connectivity index (χ2v) is 7.79. The molecule has 0 radical (unpaired) electrons. The van der Waals surface area contributed by atoms with Crippen LogP contribution in [0.1, 0.15) is 22.1 Å². The van der Waals surface area contributed by atoms with E-state index in [4.69, 9.17) is 20.4 Å². The predicted octanol–water partition coefficient (Wildman–Crippen LogP) is 2.12. The van der Waals surface area contributed by atoms with Gasteiger partial charge in [0.1, 0.15) is 28.1 Å². The van der Waals surface area contributed by atoms with E-state index in [1.165, 1.54) is 10.4 Å². The van der Waals surface area contributed by atoms with E-state index < -0.39 is 0 Å². The number of ether oxygens (including phenoxy) is 1. The van der Waals surface area contributed by atoms with Gasteiger partial charge in [0.2, 0.25) is 0 Å². The molecule has 0 amide bonds. The molecule has 0 atom stereocenters. The Morgan fingerprint density at radius 3 is 2.78 bits per heavy atom. The van der Waals surface area contributed by atoms with Crippen molar-refractivity contribution in [2.75, 3.05) is 37.4 Å². The predicted molar refractivity (Wildman–Crippen MR) is 107 cm³/mol. The third-order valence-electron chi connectivity index (χ3n) is 4.68. The Kier molecular flexibility index (Phi) is 5.15. The van der Waals surface area contributed by atoms with Crippen molar-refractivity contribution in [3.63, 3.8) is 0 Å². The highest BCUT2D eigenvalue weighted by Crippen LogP contribution is 2.33. The van der Waals surface area contributed by atoms with Crippen LogP contribution in [0.2, 0.25) is 0 Å². The summed E-state index contributed by atoms with van der Waals surface area (Å²) >= 11 is 1.71. The molecule has 0 aromatic carbocycles. The van der Waals surface area contributed by atoms with Crippen LogP contribution in [0.25, 0.3) is 10.2 Å². The first-order valence-corrected chi connectivity index (χ1v) is 9.80. The molecule has 4 heterocycles. The lowest BCUT2D eigenvalue weighted by Crippen LogP contribution is -2.36. The number of morpholine rings is 1. The lowest BCUT2D eigenvalue weighted by Gasteiger charge is -2.25. The second-order valence-electron chi connectivity index (χ2n) is 6.59. The maximum atomic E-state index is 5.76. The van der Waals surface area contributed by atoms with E-state index in [1.807, 2.05) is 0 Å². The summed E-state index contributed by atoms with van der Waals surface area (Å²) in [7, 11) is 0. The van der Waals surface area contributed by atoms with Crippen LogP contribution in [0.15, 0.2) is 12.3 Å². The first-order valence-electron chi connectivity index (χ1n) is 8.98. The molecule has 3 N–H and O–H groups in total. The number of nitrogens with one attached hydrogen (secondary N) is 1. The fourth-order valence-electron chi connectivity index (χ4n) is 3.11. The highest BCUT2D eigenvalue weighted by molar-refractivity contribution is 7.18. The summed E-state index contributed by atoms with van der Waals surface area (Å²) < 4.78 is 5.43. The van der Waals surface area contributed by atoms with Crippen LogP contribution in [0.4, 0.5) is 11.6 Å². The number of thiophene rings is 1. The van der Waals surface area contributed by atoms with Crippen LogP contribution in [0.3, 0.4) is 0 Å². The summed E-state index contributed by atoms with van der Waals surface area (Å²) in [5, 5.41) is 4.47. The lowest BCUT2D eigenvalue weighted by molar-refractivity contribution is 0.0331. The first-order chi connectivity index (χ1) is 13.1. The molecule has 1 aliphatic rings.